The summed E-state index contributed by atoms with van der Waals surface area (Å²) in [6.07, 6.45) is 3.67. The average Bonchev–Trinajstić information content (AvgIpc) is 3.65. The second-order valence-corrected chi connectivity index (χ2v) is 9.77. The number of hydrogen-bond donors (Lipinski definition) is 2. The quantitative estimate of drug-likeness (QED) is 0.364. The van der Waals surface area contributed by atoms with Crippen molar-refractivity contribution in [2.45, 2.75) is 18.9 Å². The van der Waals surface area contributed by atoms with Crippen molar-refractivity contribution in [1.29, 1.82) is 5.26 Å². The van der Waals surface area contributed by atoms with E-state index in [-0.39, 0.29) is 18.0 Å². The molecule has 2 amide bonds. The number of ether oxygens (including phenoxy) is 1. The number of likely N-dealkylation sites (tertiary alicyclic amines) is 1. The molecule has 2 atom stereocenters. The van der Waals surface area contributed by atoms with Crippen molar-refractivity contribution in [3.63, 3.8) is 0 Å². The van der Waals surface area contributed by atoms with E-state index < -0.39 is 0 Å². The third kappa shape index (κ3) is 5.70. The summed E-state index contributed by atoms with van der Waals surface area (Å²) in [4.78, 5) is 15.8. The summed E-state index contributed by atoms with van der Waals surface area (Å²) in [5, 5.41) is 24.8. The lowest BCUT2D eigenvalue weighted by Gasteiger charge is -2.21. The molecule has 10 heteroatoms. The second-order valence-electron chi connectivity index (χ2n) is 9.77. The van der Waals surface area contributed by atoms with Crippen LogP contribution >= 0.6 is 0 Å². The Morgan fingerprint density at radius 1 is 1.18 bits per heavy atom. The Bertz CT molecular complexity index is 1490. The summed E-state index contributed by atoms with van der Waals surface area (Å²) in [6, 6.07) is 19.1. The van der Waals surface area contributed by atoms with E-state index in [0.717, 1.165) is 41.2 Å². The molecule has 5 rings (SSSR count). The van der Waals surface area contributed by atoms with Crippen molar-refractivity contribution in [1.82, 2.24) is 29.8 Å². The zero-order chi connectivity index (χ0) is 27.4. The Kier molecular flexibility index (Phi) is 7.72. The molecule has 200 valence electrons. The SMILES string of the molecule is COCCN1CC(NC(=O)Nc2c(C)c(-c3cnn(C)c3)nn2-c2ccccc2)C(c2cccc(C#N)c2)C1. The van der Waals surface area contributed by atoms with Crippen molar-refractivity contribution in [2.75, 3.05) is 38.7 Å². The normalized spacial score (nSPS) is 17.2. The number of carbonyl (C=O) groups is 1. The fraction of sp³-hybridized carbons (Fsp3) is 0.310. The topological polar surface area (TPSA) is 113 Å². The zero-order valence-electron chi connectivity index (χ0n) is 22.3. The molecule has 0 bridgehead atoms. The molecule has 1 aliphatic rings. The molecule has 2 aromatic carbocycles. The Labute approximate surface area is 227 Å². The van der Waals surface area contributed by atoms with Gasteiger partial charge in [-0.3, -0.25) is 14.9 Å². The highest BCUT2D eigenvalue weighted by atomic mass is 16.5. The number of aromatic nitrogens is 4. The molecule has 0 radical (unpaired) electrons. The maximum absolute atomic E-state index is 13.5. The first kappa shape index (κ1) is 26.2. The van der Waals surface area contributed by atoms with Crippen LogP contribution in [0, 0.1) is 18.3 Å². The number of benzene rings is 2. The number of anilines is 1. The number of nitriles is 1. The van der Waals surface area contributed by atoms with Crippen LogP contribution in [-0.4, -0.2) is 69.9 Å². The lowest BCUT2D eigenvalue weighted by molar-refractivity contribution is 0.159. The third-order valence-electron chi connectivity index (χ3n) is 7.10. The predicted octanol–water partition coefficient (Wildman–Crippen LogP) is 3.69. The van der Waals surface area contributed by atoms with Crippen LogP contribution in [0.15, 0.2) is 67.0 Å². The maximum atomic E-state index is 13.5. The number of amides is 2. The van der Waals surface area contributed by atoms with Gasteiger partial charge in [-0.15, -0.1) is 0 Å². The zero-order valence-corrected chi connectivity index (χ0v) is 22.3. The van der Waals surface area contributed by atoms with Crippen LogP contribution in [-0.2, 0) is 11.8 Å². The molecule has 2 unspecified atom stereocenters. The van der Waals surface area contributed by atoms with Crippen molar-refractivity contribution in [3.05, 3.63) is 83.7 Å². The van der Waals surface area contributed by atoms with Crippen molar-refractivity contribution >= 4 is 11.8 Å². The molecule has 0 spiro atoms. The van der Waals surface area contributed by atoms with Crippen LogP contribution in [0.1, 0.15) is 22.6 Å². The van der Waals surface area contributed by atoms with Crippen molar-refractivity contribution in [3.8, 4) is 23.0 Å². The Hall–Kier alpha value is -4.46. The van der Waals surface area contributed by atoms with Gasteiger partial charge in [0.15, 0.2) is 0 Å². The maximum Gasteiger partial charge on any atom is 0.320 e. The predicted molar refractivity (Wildman–Crippen MR) is 149 cm³/mol. The molecule has 10 nitrogen and oxygen atoms in total. The van der Waals surface area contributed by atoms with Gasteiger partial charge in [0, 0.05) is 57.0 Å². The van der Waals surface area contributed by atoms with E-state index >= 15 is 0 Å². The van der Waals surface area contributed by atoms with E-state index in [1.54, 1.807) is 28.7 Å². The van der Waals surface area contributed by atoms with Gasteiger partial charge in [-0.05, 0) is 36.8 Å². The number of carbonyl (C=O) groups excluding carboxylic acids is 1. The summed E-state index contributed by atoms with van der Waals surface area (Å²) in [7, 11) is 3.55. The van der Waals surface area contributed by atoms with Crippen molar-refractivity contribution in [2.24, 2.45) is 7.05 Å². The van der Waals surface area contributed by atoms with Crippen LogP contribution in [0.25, 0.3) is 16.9 Å². The molecular formula is C29H32N8O2. The fourth-order valence-corrected chi connectivity index (χ4v) is 5.14. The number of methoxy groups -OCH3 is 1. The molecule has 1 fully saturated rings. The van der Waals surface area contributed by atoms with Gasteiger partial charge < -0.3 is 10.1 Å². The highest BCUT2D eigenvalue weighted by Gasteiger charge is 2.35. The second kappa shape index (κ2) is 11.5. The van der Waals surface area contributed by atoms with E-state index in [2.05, 4.69) is 26.7 Å². The molecule has 2 aromatic heterocycles. The molecule has 1 aliphatic heterocycles. The van der Waals surface area contributed by atoms with Gasteiger partial charge in [0.1, 0.15) is 11.5 Å². The molecule has 0 aliphatic carbocycles. The summed E-state index contributed by atoms with van der Waals surface area (Å²) >= 11 is 0. The molecule has 0 saturated carbocycles. The summed E-state index contributed by atoms with van der Waals surface area (Å²) in [5.41, 5.74) is 4.94. The third-order valence-corrected chi connectivity index (χ3v) is 7.10. The largest absolute Gasteiger partial charge is 0.383 e. The van der Waals surface area contributed by atoms with Gasteiger partial charge in [0.2, 0.25) is 0 Å². The van der Waals surface area contributed by atoms with Crippen LogP contribution in [0.2, 0.25) is 0 Å². The van der Waals surface area contributed by atoms with E-state index in [9.17, 15) is 10.1 Å². The molecular weight excluding hydrogens is 492 g/mol. The fourth-order valence-electron chi connectivity index (χ4n) is 5.14. The molecule has 2 N–H and O–H groups in total. The van der Waals surface area contributed by atoms with E-state index in [1.165, 1.54) is 0 Å². The van der Waals surface area contributed by atoms with Gasteiger partial charge >= 0.3 is 6.03 Å². The minimum atomic E-state index is -0.312. The Morgan fingerprint density at radius 3 is 2.72 bits per heavy atom. The highest BCUT2D eigenvalue weighted by molar-refractivity contribution is 5.91. The van der Waals surface area contributed by atoms with E-state index in [0.29, 0.717) is 24.5 Å². The van der Waals surface area contributed by atoms with E-state index in [1.807, 2.05) is 68.7 Å². The molecule has 3 heterocycles. The van der Waals surface area contributed by atoms with Gasteiger partial charge in [-0.2, -0.15) is 15.5 Å². The van der Waals surface area contributed by atoms with Crippen LogP contribution in [0.4, 0.5) is 10.6 Å². The van der Waals surface area contributed by atoms with Gasteiger partial charge in [-0.1, -0.05) is 30.3 Å². The minimum absolute atomic E-state index is 0.0343. The molecule has 4 aromatic rings. The first-order valence-corrected chi connectivity index (χ1v) is 12.9. The summed E-state index contributed by atoms with van der Waals surface area (Å²) in [6.45, 7) is 4.75. The van der Waals surface area contributed by atoms with Gasteiger partial charge in [-0.25, -0.2) is 9.48 Å². The summed E-state index contributed by atoms with van der Waals surface area (Å²) < 4.78 is 8.77. The van der Waals surface area contributed by atoms with Gasteiger partial charge in [0.05, 0.1) is 36.2 Å². The van der Waals surface area contributed by atoms with Crippen LogP contribution in [0.3, 0.4) is 0 Å². The lowest BCUT2D eigenvalue weighted by Crippen LogP contribution is -2.42. The minimum Gasteiger partial charge on any atom is -0.383 e. The van der Waals surface area contributed by atoms with Crippen molar-refractivity contribution < 1.29 is 9.53 Å². The highest BCUT2D eigenvalue weighted by Crippen LogP contribution is 2.31. The van der Waals surface area contributed by atoms with Crippen LogP contribution < -0.4 is 10.6 Å². The number of urea groups is 1. The Morgan fingerprint density at radius 2 is 2.00 bits per heavy atom. The molecule has 1 saturated heterocycles. The number of nitrogens with zero attached hydrogens (tertiary/aromatic N) is 6. The first-order chi connectivity index (χ1) is 19.0. The summed E-state index contributed by atoms with van der Waals surface area (Å²) in [5.74, 6) is 0.627. The number of para-hydroxylation sites is 1. The Balaban J connectivity index is 1.42. The van der Waals surface area contributed by atoms with Crippen LogP contribution in [0.5, 0.6) is 0 Å². The number of rotatable bonds is 8. The number of nitrogens with one attached hydrogen (secondary N) is 2. The monoisotopic (exact) mass is 524 g/mol. The van der Waals surface area contributed by atoms with Gasteiger partial charge in [0.25, 0.3) is 0 Å². The lowest BCUT2D eigenvalue weighted by atomic mass is 9.93. The number of aryl methyl sites for hydroxylation is 1. The first-order valence-electron chi connectivity index (χ1n) is 12.9. The number of hydrogen-bond acceptors (Lipinski definition) is 6. The standard InChI is InChI=1S/C29H32N8O2/c1-20-27(23-16-31-35(2)17-23)34-37(24-10-5-4-6-11-24)28(20)33-29(38)32-26-19-36(12-13-39-3)18-25(26)22-9-7-8-21(14-22)15-30/h4-11,14,16-17,25-26H,12-13,18-19H2,1-3H3,(H2,32,33,38). The smallest absolute Gasteiger partial charge is 0.320 e. The average molecular weight is 525 g/mol. The molecule has 39 heavy (non-hydrogen) atoms. The van der Waals surface area contributed by atoms with E-state index in [4.69, 9.17) is 9.84 Å².